The largest absolute Gasteiger partial charge is 0.463 e. The van der Waals surface area contributed by atoms with Crippen molar-refractivity contribution in [2.75, 3.05) is 13.1 Å². The lowest BCUT2D eigenvalue weighted by Crippen LogP contribution is -2.35. The Balaban J connectivity index is 2.34. The Morgan fingerprint density at radius 1 is 1.40 bits per heavy atom. The summed E-state index contributed by atoms with van der Waals surface area (Å²) >= 11 is 0. The van der Waals surface area contributed by atoms with E-state index < -0.39 is 0 Å². The molecule has 1 aliphatic rings. The molecule has 3 nitrogen and oxygen atoms in total. The lowest BCUT2D eigenvalue weighted by Gasteiger charge is -2.28. The van der Waals surface area contributed by atoms with E-state index in [1.165, 1.54) is 32.9 Å². The van der Waals surface area contributed by atoms with Crippen LogP contribution in [0.15, 0.2) is 0 Å². The molecule has 1 rings (SSSR count). The first kappa shape index (κ1) is 12.5. The Morgan fingerprint density at radius 2 is 2.00 bits per heavy atom. The maximum Gasteiger partial charge on any atom is 0.302 e. The molecule has 0 saturated carbocycles. The fourth-order valence-corrected chi connectivity index (χ4v) is 2.40. The van der Waals surface area contributed by atoms with Gasteiger partial charge >= 0.3 is 5.97 Å². The van der Waals surface area contributed by atoms with E-state index in [1.807, 2.05) is 6.92 Å². The van der Waals surface area contributed by atoms with Crippen molar-refractivity contribution in [3.8, 4) is 0 Å². The molecule has 0 aromatic carbocycles. The normalized spacial score (nSPS) is 21.3. The second-order valence-electron chi connectivity index (χ2n) is 4.46. The van der Waals surface area contributed by atoms with Gasteiger partial charge in [0.2, 0.25) is 0 Å². The maximum absolute atomic E-state index is 10.8. The summed E-state index contributed by atoms with van der Waals surface area (Å²) in [4.78, 5) is 13.3. The second-order valence-corrected chi connectivity index (χ2v) is 4.46. The van der Waals surface area contributed by atoms with E-state index in [0.717, 1.165) is 12.8 Å². The van der Waals surface area contributed by atoms with E-state index in [-0.39, 0.29) is 12.1 Å². The molecule has 1 saturated heterocycles. The van der Waals surface area contributed by atoms with Crippen molar-refractivity contribution in [1.82, 2.24) is 4.90 Å². The van der Waals surface area contributed by atoms with Gasteiger partial charge in [0.05, 0.1) is 0 Å². The van der Waals surface area contributed by atoms with Crippen molar-refractivity contribution >= 4 is 5.97 Å². The monoisotopic (exact) mass is 213 g/mol. The molecule has 1 aliphatic heterocycles. The number of hydrogen-bond donors (Lipinski definition) is 0. The molecule has 0 amide bonds. The first-order valence-corrected chi connectivity index (χ1v) is 6.04. The summed E-state index contributed by atoms with van der Waals surface area (Å²) in [6, 6.07) is 0.585. The van der Waals surface area contributed by atoms with Crippen molar-refractivity contribution in [3.63, 3.8) is 0 Å². The van der Waals surface area contributed by atoms with Crippen LogP contribution in [-0.2, 0) is 9.53 Å². The number of carbonyl (C=O) groups is 1. The molecule has 2 unspecified atom stereocenters. The van der Waals surface area contributed by atoms with Crippen LogP contribution in [-0.4, -0.2) is 36.1 Å². The third kappa shape index (κ3) is 4.20. The minimum Gasteiger partial charge on any atom is -0.463 e. The lowest BCUT2D eigenvalue weighted by molar-refractivity contribution is -0.146. The summed E-state index contributed by atoms with van der Waals surface area (Å²) in [6.45, 7) is 8.10. The van der Waals surface area contributed by atoms with E-state index in [2.05, 4.69) is 11.8 Å². The van der Waals surface area contributed by atoms with Gasteiger partial charge in [-0.15, -0.1) is 0 Å². The highest BCUT2D eigenvalue weighted by Crippen LogP contribution is 2.18. The molecule has 2 atom stereocenters. The van der Waals surface area contributed by atoms with Crippen LogP contribution in [0.2, 0.25) is 0 Å². The number of hydrogen-bond acceptors (Lipinski definition) is 3. The summed E-state index contributed by atoms with van der Waals surface area (Å²) < 4.78 is 5.18. The van der Waals surface area contributed by atoms with Crippen LogP contribution in [0.5, 0.6) is 0 Å². The van der Waals surface area contributed by atoms with Gasteiger partial charge in [-0.25, -0.2) is 0 Å². The van der Waals surface area contributed by atoms with Crippen LogP contribution < -0.4 is 0 Å². The second kappa shape index (κ2) is 6.11. The van der Waals surface area contributed by atoms with Crippen molar-refractivity contribution in [2.45, 2.75) is 58.6 Å². The van der Waals surface area contributed by atoms with Gasteiger partial charge in [0.25, 0.3) is 0 Å². The molecule has 0 bridgehead atoms. The summed E-state index contributed by atoms with van der Waals surface area (Å²) in [7, 11) is 0. The van der Waals surface area contributed by atoms with Crippen molar-refractivity contribution in [3.05, 3.63) is 0 Å². The van der Waals surface area contributed by atoms with Gasteiger partial charge in [-0.2, -0.15) is 0 Å². The molecule has 0 aromatic heterocycles. The zero-order valence-corrected chi connectivity index (χ0v) is 10.2. The SMILES string of the molecule is CCC(CC(C)OC(C)=O)N1CCCC1. The number of nitrogens with zero attached hydrogens (tertiary/aromatic N) is 1. The first-order valence-electron chi connectivity index (χ1n) is 6.04. The van der Waals surface area contributed by atoms with Crippen molar-refractivity contribution in [1.29, 1.82) is 0 Å². The molecular weight excluding hydrogens is 190 g/mol. The van der Waals surface area contributed by atoms with Crippen molar-refractivity contribution < 1.29 is 9.53 Å². The Bertz CT molecular complexity index is 200. The van der Waals surface area contributed by atoms with Crippen molar-refractivity contribution in [2.24, 2.45) is 0 Å². The average molecular weight is 213 g/mol. The Hall–Kier alpha value is -0.570. The first-order chi connectivity index (χ1) is 7.13. The van der Waals surface area contributed by atoms with Gasteiger partial charge in [0, 0.05) is 13.0 Å². The highest BCUT2D eigenvalue weighted by Gasteiger charge is 2.22. The van der Waals surface area contributed by atoms with Gasteiger partial charge in [-0.3, -0.25) is 4.79 Å². The zero-order valence-electron chi connectivity index (χ0n) is 10.2. The summed E-state index contributed by atoms with van der Waals surface area (Å²) in [5.41, 5.74) is 0. The summed E-state index contributed by atoms with van der Waals surface area (Å²) in [6.07, 6.45) is 4.80. The predicted octanol–water partition coefficient (Wildman–Crippen LogP) is 2.20. The van der Waals surface area contributed by atoms with Crippen LogP contribution in [0, 0.1) is 0 Å². The molecule has 1 heterocycles. The third-order valence-electron chi connectivity index (χ3n) is 3.10. The molecule has 88 valence electrons. The van der Waals surface area contributed by atoms with Crippen LogP contribution in [0.1, 0.15) is 46.5 Å². The van der Waals surface area contributed by atoms with Crippen LogP contribution >= 0.6 is 0 Å². The molecule has 0 N–H and O–H groups in total. The fraction of sp³-hybridized carbons (Fsp3) is 0.917. The molecule has 0 aromatic rings. The van der Waals surface area contributed by atoms with Crippen LogP contribution in [0.4, 0.5) is 0 Å². The summed E-state index contributed by atoms with van der Waals surface area (Å²) in [5.74, 6) is -0.168. The Morgan fingerprint density at radius 3 is 2.47 bits per heavy atom. The Kier molecular flexibility index (Phi) is 5.09. The number of esters is 1. The fourth-order valence-electron chi connectivity index (χ4n) is 2.40. The van der Waals surface area contributed by atoms with E-state index in [9.17, 15) is 4.79 Å². The molecule has 0 spiro atoms. The van der Waals surface area contributed by atoms with E-state index in [0.29, 0.717) is 6.04 Å². The topological polar surface area (TPSA) is 29.5 Å². The minimum absolute atomic E-state index is 0.0491. The molecule has 1 fully saturated rings. The number of likely N-dealkylation sites (tertiary alicyclic amines) is 1. The summed E-state index contributed by atoms with van der Waals surface area (Å²) in [5, 5.41) is 0. The van der Waals surface area contributed by atoms with E-state index >= 15 is 0 Å². The van der Waals surface area contributed by atoms with E-state index in [4.69, 9.17) is 4.74 Å². The molecule has 0 radical (unpaired) electrons. The number of ether oxygens (including phenoxy) is 1. The van der Waals surface area contributed by atoms with Crippen LogP contribution in [0.3, 0.4) is 0 Å². The van der Waals surface area contributed by atoms with Gasteiger partial charge in [-0.1, -0.05) is 6.92 Å². The van der Waals surface area contributed by atoms with Gasteiger partial charge in [0.15, 0.2) is 0 Å². The minimum atomic E-state index is -0.168. The number of carbonyl (C=O) groups excluding carboxylic acids is 1. The zero-order chi connectivity index (χ0) is 11.3. The molecule has 15 heavy (non-hydrogen) atoms. The highest BCUT2D eigenvalue weighted by molar-refractivity contribution is 5.66. The lowest BCUT2D eigenvalue weighted by atomic mass is 10.1. The van der Waals surface area contributed by atoms with Gasteiger partial charge in [-0.05, 0) is 45.7 Å². The molecular formula is C12H23NO2. The van der Waals surface area contributed by atoms with Crippen LogP contribution in [0.25, 0.3) is 0 Å². The smallest absolute Gasteiger partial charge is 0.302 e. The molecule has 3 heteroatoms. The average Bonchev–Trinajstić information content (AvgIpc) is 2.65. The number of rotatable bonds is 5. The highest BCUT2D eigenvalue weighted by atomic mass is 16.5. The quantitative estimate of drug-likeness (QED) is 0.656. The molecule has 0 aliphatic carbocycles. The van der Waals surface area contributed by atoms with Gasteiger partial charge < -0.3 is 9.64 Å². The Labute approximate surface area is 92.8 Å². The third-order valence-corrected chi connectivity index (χ3v) is 3.10. The van der Waals surface area contributed by atoms with E-state index in [1.54, 1.807) is 0 Å². The predicted molar refractivity (Wildman–Crippen MR) is 60.7 cm³/mol. The van der Waals surface area contributed by atoms with Gasteiger partial charge in [0.1, 0.15) is 6.10 Å². The standard InChI is InChI=1S/C12H23NO2/c1-4-12(13-7-5-6-8-13)9-10(2)15-11(3)14/h10,12H,4-9H2,1-3H3. The maximum atomic E-state index is 10.8.